The van der Waals surface area contributed by atoms with Crippen molar-refractivity contribution < 1.29 is 14.7 Å². The highest BCUT2D eigenvalue weighted by Gasteiger charge is 2.45. The zero-order valence-electron chi connectivity index (χ0n) is 18.6. The number of hydrogen-bond donors (Lipinski definition) is 1. The van der Waals surface area contributed by atoms with Crippen LogP contribution in [0.25, 0.3) is 0 Å². The minimum atomic E-state index is -0.822. The van der Waals surface area contributed by atoms with Gasteiger partial charge in [-0.05, 0) is 66.2 Å². The van der Waals surface area contributed by atoms with Gasteiger partial charge in [0, 0.05) is 36.0 Å². The summed E-state index contributed by atoms with van der Waals surface area (Å²) in [5, 5.41) is 9.67. The Kier molecular flexibility index (Phi) is 6.66. The summed E-state index contributed by atoms with van der Waals surface area (Å²) in [5.41, 5.74) is 3.46. The van der Waals surface area contributed by atoms with Crippen molar-refractivity contribution in [2.45, 2.75) is 78.1 Å². The van der Waals surface area contributed by atoms with E-state index >= 15 is 0 Å². The van der Waals surface area contributed by atoms with Crippen LogP contribution in [0.2, 0.25) is 5.02 Å². The molecular weight excluding hydrogens is 398 g/mol. The van der Waals surface area contributed by atoms with E-state index in [2.05, 4.69) is 45.9 Å². The van der Waals surface area contributed by atoms with Gasteiger partial charge in [-0.25, -0.2) is 0 Å². The standard InChI is InChI=1S/C25H34ClNO3/c1-24(2,3)12-11-18-9-10-19(14-21(18)26)25(4)15-22(28)27(13-5-6-23(29)30)16-20(25)17-7-8-17/h9-10,14,16-17H,5-8,11-13,15H2,1-4H3,(H,29,30)/t25-/m0/s1. The van der Waals surface area contributed by atoms with Crippen LogP contribution in [-0.4, -0.2) is 28.4 Å². The molecule has 1 aromatic rings. The number of amides is 1. The highest BCUT2D eigenvalue weighted by atomic mass is 35.5. The monoisotopic (exact) mass is 431 g/mol. The maximum absolute atomic E-state index is 12.9. The Bertz CT molecular complexity index is 850. The lowest BCUT2D eigenvalue weighted by atomic mass is 9.69. The second-order valence-corrected chi connectivity index (χ2v) is 10.7. The maximum Gasteiger partial charge on any atom is 0.303 e. The van der Waals surface area contributed by atoms with Crippen LogP contribution in [0.15, 0.2) is 30.0 Å². The minimum Gasteiger partial charge on any atom is -0.481 e. The van der Waals surface area contributed by atoms with E-state index in [-0.39, 0.29) is 23.2 Å². The molecule has 0 saturated heterocycles. The predicted octanol–water partition coefficient (Wildman–Crippen LogP) is 5.97. The lowest BCUT2D eigenvalue weighted by Gasteiger charge is -2.40. The van der Waals surface area contributed by atoms with Crippen LogP contribution in [0.3, 0.4) is 0 Å². The summed E-state index contributed by atoms with van der Waals surface area (Å²) in [6.07, 6.45) is 7.28. The quantitative estimate of drug-likeness (QED) is 0.551. The number of carbonyl (C=O) groups is 2. The molecule has 1 N–H and O–H groups in total. The summed E-state index contributed by atoms with van der Waals surface area (Å²) in [4.78, 5) is 25.5. The van der Waals surface area contributed by atoms with Gasteiger partial charge in [-0.15, -0.1) is 0 Å². The Hall–Kier alpha value is -1.81. The van der Waals surface area contributed by atoms with Gasteiger partial charge in [0.25, 0.3) is 0 Å². The fraction of sp³-hybridized carbons (Fsp3) is 0.600. The van der Waals surface area contributed by atoms with Crippen molar-refractivity contribution in [3.05, 3.63) is 46.1 Å². The highest BCUT2D eigenvalue weighted by Crippen LogP contribution is 2.51. The Morgan fingerprint density at radius 1 is 1.30 bits per heavy atom. The molecule has 1 fully saturated rings. The van der Waals surface area contributed by atoms with E-state index in [4.69, 9.17) is 16.7 Å². The Labute approximate surface area is 185 Å². The smallest absolute Gasteiger partial charge is 0.303 e. The number of carboxylic acid groups (broad SMARTS) is 1. The number of carboxylic acids is 1. The van der Waals surface area contributed by atoms with Gasteiger partial charge >= 0.3 is 5.97 Å². The molecule has 2 aliphatic rings. The molecule has 0 unspecified atom stereocenters. The van der Waals surface area contributed by atoms with Gasteiger partial charge in [0.15, 0.2) is 0 Å². The van der Waals surface area contributed by atoms with E-state index in [9.17, 15) is 9.59 Å². The molecule has 1 atom stereocenters. The number of carbonyl (C=O) groups excluding carboxylic acids is 1. The molecule has 0 spiro atoms. The van der Waals surface area contributed by atoms with E-state index in [1.807, 2.05) is 6.20 Å². The third-order valence-electron chi connectivity index (χ3n) is 6.40. The molecule has 1 aliphatic carbocycles. The summed E-state index contributed by atoms with van der Waals surface area (Å²) < 4.78 is 0. The molecule has 0 aromatic heterocycles. The molecule has 1 heterocycles. The van der Waals surface area contributed by atoms with Gasteiger partial charge in [0.05, 0.1) is 0 Å². The predicted molar refractivity (Wildman–Crippen MR) is 121 cm³/mol. The molecule has 0 radical (unpaired) electrons. The number of hydrogen-bond acceptors (Lipinski definition) is 2. The molecule has 3 rings (SSSR count). The first kappa shape index (κ1) is 22.9. The average Bonchev–Trinajstić information content (AvgIpc) is 3.46. The summed E-state index contributed by atoms with van der Waals surface area (Å²) >= 11 is 6.68. The molecule has 4 nitrogen and oxygen atoms in total. The molecule has 30 heavy (non-hydrogen) atoms. The molecule has 1 aliphatic heterocycles. The lowest BCUT2D eigenvalue weighted by molar-refractivity contribution is -0.138. The maximum atomic E-state index is 12.9. The third kappa shape index (κ3) is 5.46. The number of allylic oxidation sites excluding steroid dienone is 1. The molecule has 1 aromatic carbocycles. The molecular formula is C25H34ClNO3. The molecule has 1 amide bonds. The Morgan fingerprint density at radius 2 is 2.00 bits per heavy atom. The van der Waals surface area contributed by atoms with Crippen LogP contribution >= 0.6 is 11.6 Å². The van der Waals surface area contributed by atoms with E-state index in [0.717, 1.165) is 41.8 Å². The molecule has 1 saturated carbocycles. The van der Waals surface area contributed by atoms with Crippen LogP contribution in [0, 0.1) is 11.3 Å². The van der Waals surface area contributed by atoms with Gasteiger partial charge in [-0.1, -0.05) is 51.4 Å². The van der Waals surface area contributed by atoms with Crippen LogP contribution in [0.4, 0.5) is 0 Å². The number of aliphatic carboxylic acids is 1. The fourth-order valence-electron chi connectivity index (χ4n) is 4.30. The minimum absolute atomic E-state index is 0.0558. The fourth-order valence-corrected chi connectivity index (χ4v) is 4.58. The normalized spacial score (nSPS) is 22.2. The van der Waals surface area contributed by atoms with Crippen molar-refractivity contribution in [1.29, 1.82) is 0 Å². The number of nitrogens with zero attached hydrogens (tertiary/aromatic N) is 1. The number of halogens is 1. The third-order valence-corrected chi connectivity index (χ3v) is 6.75. The first-order valence-corrected chi connectivity index (χ1v) is 11.4. The molecule has 0 bridgehead atoms. The molecule has 164 valence electrons. The van der Waals surface area contributed by atoms with Crippen LogP contribution in [-0.2, 0) is 21.4 Å². The van der Waals surface area contributed by atoms with Crippen molar-refractivity contribution in [3.8, 4) is 0 Å². The summed E-state index contributed by atoms with van der Waals surface area (Å²) in [6, 6.07) is 6.33. The van der Waals surface area contributed by atoms with E-state index in [1.165, 1.54) is 5.57 Å². The largest absolute Gasteiger partial charge is 0.481 e. The lowest BCUT2D eigenvalue weighted by Crippen LogP contribution is -2.42. The topological polar surface area (TPSA) is 57.6 Å². The Morgan fingerprint density at radius 3 is 2.57 bits per heavy atom. The van der Waals surface area contributed by atoms with Crippen molar-refractivity contribution >= 4 is 23.5 Å². The SMILES string of the molecule is CC(C)(C)CCc1ccc([C@]2(C)CC(=O)N(CCCC(=O)O)C=C2C2CC2)cc1Cl. The van der Waals surface area contributed by atoms with Crippen LogP contribution < -0.4 is 0 Å². The Balaban J connectivity index is 1.84. The average molecular weight is 432 g/mol. The van der Waals surface area contributed by atoms with Crippen molar-refractivity contribution in [2.24, 2.45) is 11.3 Å². The zero-order valence-corrected chi connectivity index (χ0v) is 19.4. The van der Waals surface area contributed by atoms with Crippen LogP contribution in [0.5, 0.6) is 0 Å². The summed E-state index contributed by atoms with van der Waals surface area (Å²) in [5.74, 6) is -0.262. The van der Waals surface area contributed by atoms with Crippen molar-refractivity contribution in [3.63, 3.8) is 0 Å². The first-order chi connectivity index (χ1) is 14.0. The highest BCUT2D eigenvalue weighted by molar-refractivity contribution is 6.31. The second kappa shape index (κ2) is 8.74. The van der Waals surface area contributed by atoms with Gasteiger partial charge in [0.2, 0.25) is 5.91 Å². The van der Waals surface area contributed by atoms with Crippen molar-refractivity contribution in [2.75, 3.05) is 6.54 Å². The van der Waals surface area contributed by atoms with Gasteiger partial charge in [-0.2, -0.15) is 0 Å². The summed E-state index contributed by atoms with van der Waals surface area (Å²) in [7, 11) is 0. The number of rotatable bonds is 8. The van der Waals surface area contributed by atoms with Crippen molar-refractivity contribution in [1.82, 2.24) is 4.90 Å². The number of benzene rings is 1. The van der Waals surface area contributed by atoms with Gasteiger partial charge in [0.1, 0.15) is 0 Å². The van der Waals surface area contributed by atoms with E-state index < -0.39 is 5.97 Å². The zero-order chi connectivity index (χ0) is 22.1. The van der Waals surface area contributed by atoms with Gasteiger partial charge < -0.3 is 10.0 Å². The first-order valence-electron chi connectivity index (χ1n) is 11.0. The second-order valence-electron chi connectivity index (χ2n) is 10.3. The molecule has 5 heteroatoms. The summed E-state index contributed by atoms with van der Waals surface area (Å²) in [6.45, 7) is 9.32. The van der Waals surface area contributed by atoms with E-state index in [1.54, 1.807) is 4.90 Å². The van der Waals surface area contributed by atoms with Crippen LogP contribution in [0.1, 0.15) is 77.3 Å². The number of aryl methyl sites for hydroxylation is 1. The van der Waals surface area contributed by atoms with E-state index in [0.29, 0.717) is 25.3 Å². The van der Waals surface area contributed by atoms with Gasteiger partial charge in [-0.3, -0.25) is 9.59 Å².